The van der Waals surface area contributed by atoms with Crippen LogP contribution < -0.4 is 11.1 Å². The largest absolute Gasteiger partial charge is 0.399 e. The molecule has 2 aromatic carbocycles. The van der Waals surface area contributed by atoms with Gasteiger partial charge in [0, 0.05) is 10.7 Å². The van der Waals surface area contributed by atoms with E-state index in [0.717, 1.165) is 24.1 Å². The fourth-order valence-corrected chi connectivity index (χ4v) is 3.08. The topological polar surface area (TPSA) is 55.1 Å². The number of benzene rings is 2. The van der Waals surface area contributed by atoms with E-state index in [-0.39, 0.29) is 11.9 Å². The lowest BCUT2D eigenvalue weighted by Gasteiger charge is -2.14. The molecular weight excluding hydrogens is 284 g/mol. The van der Waals surface area contributed by atoms with Gasteiger partial charge in [0.2, 0.25) is 5.91 Å². The molecule has 0 aromatic heterocycles. The summed E-state index contributed by atoms with van der Waals surface area (Å²) in [5.74, 6) is 0.0203. The van der Waals surface area contributed by atoms with Crippen LogP contribution in [0.25, 0.3) is 0 Å². The van der Waals surface area contributed by atoms with Crippen molar-refractivity contribution in [2.45, 2.75) is 25.3 Å². The molecule has 3 N–H and O–H groups in total. The summed E-state index contributed by atoms with van der Waals surface area (Å²) in [7, 11) is 0. The predicted octanol–water partition coefficient (Wildman–Crippen LogP) is 3.27. The Bertz CT molecular complexity index is 684. The van der Waals surface area contributed by atoms with E-state index in [0.29, 0.717) is 11.4 Å². The van der Waals surface area contributed by atoms with E-state index >= 15 is 0 Å². The van der Waals surface area contributed by atoms with Gasteiger partial charge in [-0.3, -0.25) is 4.79 Å². The monoisotopic (exact) mass is 300 g/mol. The van der Waals surface area contributed by atoms with Gasteiger partial charge >= 0.3 is 0 Å². The third-order valence-electron chi connectivity index (χ3n) is 3.83. The van der Waals surface area contributed by atoms with Crippen LogP contribution in [0.15, 0.2) is 42.5 Å². The van der Waals surface area contributed by atoms with Gasteiger partial charge in [0.25, 0.3) is 0 Å². The molecular formula is C17H17ClN2O. The number of fused-ring (bicyclic) bond motifs is 1. The quantitative estimate of drug-likeness (QED) is 0.855. The lowest BCUT2D eigenvalue weighted by Crippen LogP contribution is -2.28. The van der Waals surface area contributed by atoms with E-state index in [1.165, 1.54) is 11.1 Å². The highest BCUT2D eigenvalue weighted by Crippen LogP contribution is 2.32. The highest BCUT2D eigenvalue weighted by Gasteiger charge is 2.23. The van der Waals surface area contributed by atoms with Crippen molar-refractivity contribution >= 4 is 23.2 Å². The Morgan fingerprint density at radius 1 is 1.29 bits per heavy atom. The SMILES string of the molecule is Nc1ccc2c(c1)CCC2NC(=O)Cc1cccc(Cl)c1. The highest BCUT2D eigenvalue weighted by atomic mass is 35.5. The molecule has 0 saturated heterocycles. The average molecular weight is 301 g/mol. The minimum atomic E-state index is 0.0203. The van der Waals surface area contributed by atoms with Crippen LogP contribution in [0.4, 0.5) is 5.69 Å². The van der Waals surface area contributed by atoms with Crippen molar-refractivity contribution in [1.82, 2.24) is 5.32 Å². The van der Waals surface area contributed by atoms with Gasteiger partial charge in [-0.25, -0.2) is 0 Å². The van der Waals surface area contributed by atoms with Crippen molar-refractivity contribution in [1.29, 1.82) is 0 Å². The molecule has 1 aliphatic carbocycles. The number of aryl methyl sites for hydroxylation is 1. The minimum Gasteiger partial charge on any atom is -0.399 e. The molecule has 0 bridgehead atoms. The Morgan fingerprint density at radius 3 is 2.95 bits per heavy atom. The second kappa shape index (κ2) is 5.78. The maximum absolute atomic E-state index is 12.2. The molecule has 0 spiro atoms. The van der Waals surface area contributed by atoms with E-state index in [9.17, 15) is 4.79 Å². The number of nitrogen functional groups attached to an aromatic ring is 1. The van der Waals surface area contributed by atoms with Crippen molar-refractivity contribution in [2.75, 3.05) is 5.73 Å². The van der Waals surface area contributed by atoms with Crippen LogP contribution >= 0.6 is 11.6 Å². The van der Waals surface area contributed by atoms with Crippen LogP contribution in [0.2, 0.25) is 5.02 Å². The molecule has 1 atom stereocenters. The van der Waals surface area contributed by atoms with Crippen molar-refractivity contribution in [3.8, 4) is 0 Å². The van der Waals surface area contributed by atoms with Crippen LogP contribution in [-0.4, -0.2) is 5.91 Å². The van der Waals surface area contributed by atoms with Gasteiger partial charge in [-0.2, -0.15) is 0 Å². The number of hydrogen-bond donors (Lipinski definition) is 2. The third kappa shape index (κ3) is 3.19. The molecule has 3 rings (SSSR count). The molecule has 1 unspecified atom stereocenters. The van der Waals surface area contributed by atoms with Crippen molar-refractivity contribution in [2.24, 2.45) is 0 Å². The maximum atomic E-state index is 12.2. The van der Waals surface area contributed by atoms with Gasteiger partial charge in [-0.05, 0) is 53.8 Å². The van der Waals surface area contributed by atoms with E-state index in [4.69, 9.17) is 17.3 Å². The number of nitrogens with two attached hydrogens (primary N) is 1. The number of hydrogen-bond acceptors (Lipinski definition) is 2. The molecule has 1 aliphatic rings. The molecule has 108 valence electrons. The molecule has 2 aromatic rings. The Kier molecular flexibility index (Phi) is 3.84. The third-order valence-corrected chi connectivity index (χ3v) is 4.07. The molecule has 0 heterocycles. The molecule has 0 fully saturated rings. The second-order valence-electron chi connectivity index (χ2n) is 5.42. The van der Waals surface area contributed by atoms with Gasteiger partial charge in [0.15, 0.2) is 0 Å². The Labute approximate surface area is 129 Å². The van der Waals surface area contributed by atoms with Gasteiger partial charge in [0.05, 0.1) is 12.5 Å². The van der Waals surface area contributed by atoms with Crippen molar-refractivity contribution in [3.63, 3.8) is 0 Å². The van der Waals surface area contributed by atoms with E-state index in [1.807, 2.05) is 36.4 Å². The van der Waals surface area contributed by atoms with Crippen LogP contribution in [0.5, 0.6) is 0 Å². The highest BCUT2D eigenvalue weighted by molar-refractivity contribution is 6.30. The lowest BCUT2D eigenvalue weighted by atomic mass is 10.1. The predicted molar refractivity (Wildman–Crippen MR) is 85.2 cm³/mol. The van der Waals surface area contributed by atoms with Crippen LogP contribution in [0.3, 0.4) is 0 Å². The Morgan fingerprint density at radius 2 is 2.14 bits per heavy atom. The zero-order chi connectivity index (χ0) is 14.8. The van der Waals surface area contributed by atoms with Crippen LogP contribution in [0, 0.1) is 0 Å². The molecule has 21 heavy (non-hydrogen) atoms. The fourth-order valence-electron chi connectivity index (χ4n) is 2.87. The number of carbonyl (C=O) groups is 1. The van der Waals surface area contributed by atoms with Gasteiger partial charge in [-0.1, -0.05) is 29.8 Å². The standard InChI is InChI=1S/C17H17ClN2O/c18-13-3-1-2-11(8-13)9-17(21)20-16-7-4-12-10-14(19)5-6-15(12)16/h1-3,5-6,8,10,16H,4,7,9,19H2,(H,20,21). The fraction of sp³-hybridized carbons (Fsp3) is 0.235. The zero-order valence-electron chi connectivity index (χ0n) is 11.6. The number of carbonyl (C=O) groups excluding carboxylic acids is 1. The lowest BCUT2D eigenvalue weighted by molar-refractivity contribution is -0.121. The average Bonchev–Trinajstić information content (AvgIpc) is 2.81. The molecule has 0 saturated carbocycles. The molecule has 1 amide bonds. The first-order chi connectivity index (χ1) is 10.1. The number of nitrogens with one attached hydrogen (secondary N) is 1. The Balaban J connectivity index is 1.67. The van der Waals surface area contributed by atoms with Crippen LogP contribution in [0.1, 0.15) is 29.2 Å². The number of amides is 1. The first kappa shape index (κ1) is 14.0. The minimum absolute atomic E-state index is 0.0203. The molecule has 0 radical (unpaired) electrons. The first-order valence-electron chi connectivity index (χ1n) is 7.04. The number of halogens is 1. The van der Waals surface area contributed by atoms with Crippen molar-refractivity contribution < 1.29 is 4.79 Å². The second-order valence-corrected chi connectivity index (χ2v) is 5.86. The summed E-state index contributed by atoms with van der Waals surface area (Å²) in [6.45, 7) is 0. The summed E-state index contributed by atoms with van der Waals surface area (Å²) < 4.78 is 0. The van der Waals surface area contributed by atoms with E-state index in [2.05, 4.69) is 5.32 Å². The smallest absolute Gasteiger partial charge is 0.224 e. The molecule has 0 aliphatic heterocycles. The normalized spacial score (nSPS) is 16.5. The van der Waals surface area contributed by atoms with E-state index < -0.39 is 0 Å². The van der Waals surface area contributed by atoms with Crippen molar-refractivity contribution in [3.05, 3.63) is 64.2 Å². The zero-order valence-corrected chi connectivity index (χ0v) is 12.4. The summed E-state index contributed by atoms with van der Waals surface area (Å²) >= 11 is 5.94. The van der Waals surface area contributed by atoms with E-state index in [1.54, 1.807) is 6.07 Å². The number of anilines is 1. The van der Waals surface area contributed by atoms with Crippen LogP contribution in [-0.2, 0) is 17.6 Å². The summed E-state index contributed by atoms with van der Waals surface area (Å²) in [5.41, 5.74) is 9.92. The maximum Gasteiger partial charge on any atom is 0.224 e. The first-order valence-corrected chi connectivity index (χ1v) is 7.42. The summed E-state index contributed by atoms with van der Waals surface area (Å²) in [6.07, 6.45) is 2.24. The molecule has 3 nitrogen and oxygen atoms in total. The molecule has 4 heteroatoms. The van der Waals surface area contributed by atoms with Gasteiger partial charge < -0.3 is 11.1 Å². The summed E-state index contributed by atoms with van der Waals surface area (Å²) in [4.78, 5) is 12.2. The number of rotatable bonds is 3. The summed E-state index contributed by atoms with van der Waals surface area (Å²) in [6, 6.07) is 13.4. The Hall–Kier alpha value is -2.00. The van der Waals surface area contributed by atoms with Gasteiger partial charge in [0.1, 0.15) is 0 Å². The van der Waals surface area contributed by atoms with Gasteiger partial charge in [-0.15, -0.1) is 0 Å². The summed E-state index contributed by atoms with van der Waals surface area (Å²) in [5, 5.41) is 3.75.